The van der Waals surface area contributed by atoms with E-state index in [-0.39, 0.29) is 10.5 Å². The summed E-state index contributed by atoms with van der Waals surface area (Å²) in [6.07, 6.45) is 2.65. The Bertz CT molecular complexity index is 342. The first-order valence-corrected chi connectivity index (χ1v) is 9.17. The van der Waals surface area contributed by atoms with Crippen molar-refractivity contribution in [1.82, 2.24) is 5.32 Å². The molecule has 118 valence electrons. The van der Waals surface area contributed by atoms with Crippen LogP contribution in [-0.4, -0.2) is 46.3 Å². The van der Waals surface area contributed by atoms with Crippen LogP contribution in [-0.2, 0) is 20.3 Å². The topological polar surface area (TPSA) is 47.6 Å². The van der Waals surface area contributed by atoms with Crippen LogP contribution >= 0.6 is 0 Å². The Balaban J connectivity index is 2.12. The molecule has 1 heterocycles. The number of ether oxygens (including phenoxy) is 2. The van der Waals surface area contributed by atoms with Crippen LogP contribution in [0.3, 0.4) is 0 Å². The van der Waals surface area contributed by atoms with Crippen molar-refractivity contribution in [3.8, 4) is 0 Å². The van der Waals surface area contributed by atoms with E-state index >= 15 is 0 Å². The smallest absolute Gasteiger partial charge is 0.169 e. The van der Waals surface area contributed by atoms with Gasteiger partial charge in [0, 0.05) is 34.9 Å². The molecule has 4 unspecified atom stereocenters. The first kappa shape index (κ1) is 16.4. The van der Waals surface area contributed by atoms with Gasteiger partial charge in [0.25, 0.3) is 0 Å². The van der Waals surface area contributed by atoms with E-state index in [1.54, 1.807) is 0 Å². The lowest BCUT2D eigenvalue weighted by atomic mass is 9.89. The molecule has 4 atom stereocenters. The third-order valence-electron chi connectivity index (χ3n) is 4.68. The zero-order valence-electron chi connectivity index (χ0n) is 13.2. The predicted molar refractivity (Wildman–Crippen MR) is 82.2 cm³/mol. The average molecular weight is 303 g/mol. The van der Waals surface area contributed by atoms with Crippen molar-refractivity contribution in [3.05, 3.63) is 0 Å². The molecule has 5 heteroatoms. The van der Waals surface area contributed by atoms with Gasteiger partial charge < -0.3 is 14.8 Å². The summed E-state index contributed by atoms with van der Waals surface area (Å²) in [5, 5.41) is 3.84. The van der Waals surface area contributed by atoms with Crippen molar-refractivity contribution in [3.63, 3.8) is 0 Å². The monoisotopic (exact) mass is 303 g/mol. The summed E-state index contributed by atoms with van der Waals surface area (Å²) in [5.41, 5.74) is 0. The minimum absolute atomic E-state index is 0.124. The van der Waals surface area contributed by atoms with Crippen molar-refractivity contribution in [2.24, 2.45) is 5.92 Å². The summed E-state index contributed by atoms with van der Waals surface area (Å²) >= 11 is 0. The van der Waals surface area contributed by atoms with Gasteiger partial charge in [0.1, 0.15) is 0 Å². The quantitative estimate of drug-likeness (QED) is 0.844. The first-order valence-electron chi connectivity index (χ1n) is 7.90. The molecule has 1 saturated carbocycles. The zero-order valence-corrected chi connectivity index (χ0v) is 14.0. The predicted octanol–water partition coefficient (Wildman–Crippen LogP) is 2.05. The number of hydrogen-bond acceptors (Lipinski definition) is 4. The number of hydrogen-bond donors (Lipinski definition) is 1. The Hall–Kier alpha value is 0.0300. The highest BCUT2D eigenvalue weighted by molar-refractivity contribution is 7.86. The Labute approximate surface area is 125 Å². The maximum Gasteiger partial charge on any atom is 0.169 e. The summed E-state index contributed by atoms with van der Waals surface area (Å²) < 4.78 is 24.6. The van der Waals surface area contributed by atoms with E-state index in [1.165, 1.54) is 0 Å². The molecule has 2 aliphatic rings. The SMILES string of the molecule is CCNC1CCC2(CC1S(=O)C(C)C(C)C)OCCO2. The lowest BCUT2D eigenvalue weighted by molar-refractivity contribution is -0.178. The van der Waals surface area contributed by atoms with Gasteiger partial charge in [0.15, 0.2) is 5.79 Å². The van der Waals surface area contributed by atoms with Gasteiger partial charge in [-0.25, -0.2) is 0 Å². The maximum atomic E-state index is 12.9. The molecule has 4 nitrogen and oxygen atoms in total. The highest BCUT2D eigenvalue weighted by Gasteiger charge is 2.47. The van der Waals surface area contributed by atoms with Crippen molar-refractivity contribution in [2.45, 2.75) is 69.3 Å². The third kappa shape index (κ3) is 3.43. The molecule has 1 saturated heterocycles. The van der Waals surface area contributed by atoms with Crippen LogP contribution in [0.5, 0.6) is 0 Å². The number of rotatable bonds is 5. The minimum atomic E-state index is -0.857. The van der Waals surface area contributed by atoms with Gasteiger partial charge in [-0.1, -0.05) is 27.7 Å². The van der Waals surface area contributed by atoms with Gasteiger partial charge in [0.2, 0.25) is 0 Å². The number of nitrogens with one attached hydrogen (secondary N) is 1. The van der Waals surface area contributed by atoms with Gasteiger partial charge in [-0.3, -0.25) is 4.21 Å². The van der Waals surface area contributed by atoms with Crippen molar-refractivity contribution < 1.29 is 13.7 Å². The van der Waals surface area contributed by atoms with Crippen LogP contribution in [0.2, 0.25) is 0 Å². The lowest BCUT2D eigenvalue weighted by Gasteiger charge is -2.42. The van der Waals surface area contributed by atoms with Crippen molar-refractivity contribution in [1.29, 1.82) is 0 Å². The standard InChI is InChI=1S/C15H29NO3S/c1-5-16-13-6-7-15(18-8-9-19-15)10-14(13)20(17)12(4)11(2)3/h11-14,16H,5-10H2,1-4H3. The van der Waals surface area contributed by atoms with E-state index in [0.717, 1.165) is 25.8 Å². The van der Waals surface area contributed by atoms with E-state index < -0.39 is 16.6 Å². The van der Waals surface area contributed by atoms with Crippen LogP contribution in [0.4, 0.5) is 0 Å². The molecule has 0 aromatic rings. The first-order chi connectivity index (χ1) is 9.49. The Morgan fingerprint density at radius 3 is 2.50 bits per heavy atom. The van der Waals surface area contributed by atoms with E-state index in [9.17, 15) is 4.21 Å². The van der Waals surface area contributed by atoms with Gasteiger partial charge in [-0.05, 0) is 18.9 Å². The Kier molecular flexibility index (Phi) is 5.63. The summed E-state index contributed by atoms with van der Waals surface area (Å²) in [6, 6.07) is 0.320. The zero-order chi connectivity index (χ0) is 14.8. The molecular formula is C15H29NO3S. The second-order valence-electron chi connectivity index (χ2n) is 6.33. The molecule has 2 rings (SSSR count). The van der Waals surface area contributed by atoms with Crippen LogP contribution < -0.4 is 5.32 Å². The average Bonchev–Trinajstić information content (AvgIpc) is 2.88. The molecule has 0 radical (unpaired) electrons. The molecular weight excluding hydrogens is 274 g/mol. The largest absolute Gasteiger partial charge is 0.347 e. The fraction of sp³-hybridized carbons (Fsp3) is 1.00. The summed E-state index contributed by atoms with van der Waals surface area (Å²) in [4.78, 5) is 0. The van der Waals surface area contributed by atoms with Gasteiger partial charge in [0.05, 0.1) is 18.5 Å². The highest BCUT2D eigenvalue weighted by atomic mass is 32.2. The third-order valence-corrected chi connectivity index (χ3v) is 7.05. The second-order valence-corrected chi connectivity index (χ2v) is 8.34. The van der Waals surface area contributed by atoms with Crippen molar-refractivity contribution >= 4 is 10.8 Å². The minimum Gasteiger partial charge on any atom is -0.347 e. The fourth-order valence-electron chi connectivity index (χ4n) is 3.16. The van der Waals surface area contributed by atoms with Gasteiger partial charge in [-0.2, -0.15) is 0 Å². The van der Waals surface area contributed by atoms with Crippen LogP contribution in [0.1, 0.15) is 47.0 Å². The maximum absolute atomic E-state index is 12.9. The molecule has 1 N–H and O–H groups in total. The molecule has 0 amide bonds. The molecule has 0 bridgehead atoms. The summed E-state index contributed by atoms with van der Waals surface area (Å²) in [6.45, 7) is 10.8. The molecule has 20 heavy (non-hydrogen) atoms. The normalized spacial score (nSPS) is 32.6. The molecule has 1 spiro atoms. The van der Waals surface area contributed by atoms with E-state index in [2.05, 4.69) is 33.0 Å². The van der Waals surface area contributed by atoms with Gasteiger partial charge in [-0.15, -0.1) is 0 Å². The summed E-state index contributed by atoms with van der Waals surface area (Å²) in [7, 11) is -0.857. The fourth-order valence-corrected chi connectivity index (χ4v) is 5.22. The van der Waals surface area contributed by atoms with Crippen LogP contribution in [0.25, 0.3) is 0 Å². The van der Waals surface area contributed by atoms with Crippen LogP contribution in [0.15, 0.2) is 0 Å². The molecule has 0 aromatic heterocycles. The molecule has 1 aliphatic carbocycles. The molecule has 2 fully saturated rings. The van der Waals surface area contributed by atoms with Crippen molar-refractivity contribution in [2.75, 3.05) is 19.8 Å². The van der Waals surface area contributed by atoms with E-state index in [4.69, 9.17) is 9.47 Å². The lowest BCUT2D eigenvalue weighted by Crippen LogP contribution is -2.54. The van der Waals surface area contributed by atoms with E-state index in [0.29, 0.717) is 25.2 Å². The van der Waals surface area contributed by atoms with E-state index in [1.807, 2.05) is 0 Å². The summed E-state index contributed by atoms with van der Waals surface area (Å²) in [5.74, 6) is -0.0236. The Morgan fingerprint density at radius 2 is 1.95 bits per heavy atom. The highest BCUT2D eigenvalue weighted by Crippen LogP contribution is 2.38. The molecule has 1 aliphatic heterocycles. The second kappa shape index (κ2) is 6.86. The Morgan fingerprint density at radius 1 is 1.30 bits per heavy atom. The van der Waals surface area contributed by atoms with Crippen LogP contribution in [0, 0.1) is 5.92 Å². The van der Waals surface area contributed by atoms with Gasteiger partial charge >= 0.3 is 0 Å². The molecule has 0 aromatic carbocycles.